The SMILES string of the molecule is Cc1cc(C(=O)O)c(F)c(S(=O)(=O)Nc2cc(C)n(C(C)C3CC3)n2)c1. The van der Waals surface area contributed by atoms with Gasteiger partial charge in [0, 0.05) is 11.8 Å². The predicted molar refractivity (Wildman–Crippen MR) is 93.3 cm³/mol. The minimum atomic E-state index is -4.32. The lowest BCUT2D eigenvalue weighted by atomic mass is 10.1. The third kappa shape index (κ3) is 3.44. The molecule has 3 rings (SSSR count). The molecule has 0 radical (unpaired) electrons. The standard InChI is InChI=1S/C17H20FN3O4S/c1-9-6-13(17(22)23)16(18)14(7-9)26(24,25)20-15-8-10(2)21(19-15)11(3)12-4-5-12/h6-8,11-12H,4-5H2,1-3H3,(H,19,20)(H,22,23). The average Bonchev–Trinajstić information content (AvgIpc) is 3.32. The minimum Gasteiger partial charge on any atom is -0.478 e. The van der Waals surface area contributed by atoms with E-state index in [9.17, 15) is 17.6 Å². The maximum Gasteiger partial charge on any atom is 0.338 e. The van der Waals surface area contributed by atoms with Gasteiger partial charge >= 0.3 is 5.97 Å². The number of aromatic nitrogens is 2. The lowest BCUT2D eigenvalue weighted by Crippen LogP contribution is -2.18. The summed E-state index contributed by atoms with van der Waals surface area (Å²) in [6.45, 7) is 5.34. The molecule has 0 bridgehead atoms. The number of hydrogen-bond acceptors (Lipinski definition) is 4. The minimum absolute atomic E-state index is 0.0766. The van der Waals surface area contributed by atoms with Crippen molar-refractivity contribution in [3.63, 3.8) is 0 Å². The number of hydrogen-bond donors (Lipinski definition) is 2. The van der Waals surface area contributed by atoms with Crippen molar-refractivity contribution in [1.29, 1.82) is 0 Å². The van der Waals surface area contributed by atoms with Crippen molar-refractivity contribution in [1.82, 2.24) is 9.78 Å². The Hall–Kier alpha value is -2.42. The number of nitrogens with one attached hydrogen (secondary N) is 1. The molecule has 2 aromatic rings. The Bertz CT molecular complexity index is 980. The van der Waals surface area contributed by atoms with Crippen LogP contribution < -0.4 is 4.72 Å². The van der Waals surface area contributed by atoms with Crippen molar-refractivity contribution < 1.29 is 22.7 Å². The van der Waals surface area contributed by atoms with Crippen LogP contribution in [0.1, 0.15) is 47.4 Å². The van der Waals surface area contributed by atoms with E-state index in [0.29, 0.717) is 11.5 Å². The van der Waals surface area contributed by atoms with Gasteiger partial charge in [0.25, 0.3) is 10.0 Å². The lowest BCUT2D eigenvalue weighted by Gasteiger charge is -2.13. The summed E-state index contributed by atoms with van der Waals surface area (Å²) in [5.74, 6) is -2.21. The molecule has 0 saturated heterocycles. The van der Waals surface area contributed by atoms with Crippen LogP contribution in [0.4, 0.5) is 10.2 Å². The van der Waals surface area contributed by atoms with Crippen molar-refractivity contribution >= 4 is 21.8 Å². The molecular formula is C17H20FN3O4S. The number of carboxylic acid groups (broad SMARTS) is 1. The molecule has 1 aliphatic carbocycles. The maximum absolute atomic E-state index is 14.4. The summed E-state index contributed by atoms with van der Waals surface area (Å²) in [5, 5.41) is 13.3. The van der Waals surface area contributed by atoms with E-state index in [2.05, 4.69) is 9.82 Å². The van der Waals surface area contributed by atoms with Gasteiger partial charge in [0.2, 0.25) is 0 Å². The van der Waals surface area contributed by atoms with Gasteiger partial charge in [0.1, 0.15) is 4.90 Å². The summed E-state index contributed by atoms with van der Waals surface area (Å²) in [7, 11) is -4.32. The van der Waals surface area contributed by atoms with E-state index in [1.165, 1.54) is 6.92 Å². The molecule has 9 heteroatoms. The van der Waals surface area contributed by atoms with Gasteiger partial charge in [-0.05, 0) is 57.2 Å². The molecule has 140 valence electrons. The Kier molecular flexibility index (Phi) is 4.51. The molecule has 0 spiro atoms. The molecule has 7 nitrogen and oxygen atoms in total. The smallest absolute Gasteiger partial charge is 0.338 e. The highest BCUT2D eigenvalue weighted by atomic mass is 32.2. The first kappa shape index (κ1) is 18.4. The van der Waals surface area contributed by atoms with Crippen LogP contribution >= 0.6 is 0 Å². The molecule has 1 fully saturated rings. The third-order valence-electron chi connectivity index (χ3n) is 4.55. The molecule has 2 N–H and O–H groups in total. The number of benzene rings is 1. The fourth-order valence-corrected chi connectivity index (χ4v) is 4.18. The van der Waals surface area contributed by atoms with Crippen LogP contribution in [0, 0.1) is 25.6 Å². The highest BCUT2D eigenvalue weighted by Crippen LogP contribution is 2.40. The van der Waals surface area contributed by atoms with Gasteiger partial charge in [0.15, 0.2) is 11.6 Å². The summed E-state index contributed by atoms with van der Waals surface area (Å²) >= 11 is 0. The zero-order valence-electron chi connectivity index (χ0n) is 14.7. The molecule has 26 heavy (non-hydrogen) atoms. The van der Waals surface area contributed by atoms with E-state index in [-0.39, 0.29) is 11.9 Å². The van der Waals surface area contributed by atoms with Gasteiger partial charge in [-0.3, -0.25) is 9.40 Å². The predicted octanol–water partition coefficient (Wildman–Crippen LogP) is 3.11. The first-order valence-corrected chi connectivity index (χ1v) is 9.71. The Labute approximate surface area is 150 Å². The summed E-state index contributed by atoms with van der Waals surface area (Å²) in [6.07, 6.45) is 2.24. The summed E-state index contributed by atoms with van der Waals surface area (Å²) in [4.78, 5) is 10.4. The molecule has 0 aliphatic heterocycles. The molecular weight excluding hydrogens is 361 g/mol. The second-order valence-electron chi connectivity index (χ2n) is 6.73. The van der Waals surface area contributed by atoms with Crippen molar-refractivity contribution in [2.75, 3.05) is 4.72 Å². The van der Waals surface area contributed by atoms with Gasteiger partial charge in [-0.15, -0.1) is 0 Å². The van der Waals surface area contributed by atoms with Gasteiger partial charge in [-0.2, -0.15) is 5.10 Å². The van der Waals surface area contributed by atoms with Crippen molar-refractivity contribution in [2.45, 2.75) is 44.6 Å². The highest BCUT2D eigenvalue weighted by molar-refractivity contribution is 7.92. The van der Waals surface area contributed by atoms with Crippen molar-refractivity contribution in [3.8, 4) is 0 Å². The van der Waals surface area contributed by atoms with Gasteiger partial charge in [0.05, 0.1) is 11.6 Å². The average molecular weight is 381 g/mol. The zero-order valence-corrected chi connectivity index (χ0v) is 15.5. The number of aromatic carboxylic acids is 1. The Morgan fingerprint density at radius 3 is 2.58 bits per heavy atom. The monoisotopic (exact) mass is 381 g/mol. The zero-order chi connectivity index (χ0) is 19.2. The summed E-state index contributed by atoms with van der Waals surface area (Å²) in [5.41, 5.74) is 0.431. The van der Waals surface area contributed by atoms with Crippen LogP contribution in [0.5, 0.6) is 0 Å². The van der Waals surface area contributed by atoms with E-state index in [1.54, 1.807) is 10.7 Å². The third-order valence-corrected chi connectivity index (χ3v) is 5.91. The maximum atomic E-state index is 14.4. The first-order chi connectivity index (χ1) is 12.1. The number of sulfonamides is 1. The van der Waals surface area contributed by atoms with Gasteiger partial charge in [-0.1, -0.05) is 0 Å². The molecule has 0 amide bonds. The highest BCUT2D eigenvalue weighted by Gasteiger charge is 2.31. The fourth-order valence-electron chi connectivity index (χ4n) is 3.01. The molecule has 1 atom stereocenters. The van der Waals surface area contributed by atoms with Crippen molar-refractivity contribution in [3.05, 3.63) is 40.8 Å². The normalized spacial score (nSPS) is 15.7. The molecule has 1 heterocycles. The van der Waals surface area contributed by atoms with Crippen LogP contribution in [0.2, 0.25) is 0 Å². The fraction of sp³-hybridized carbons (Fsp3) is 0.412. The molecule has 1 saturated carbocycles. The van der Waals surface area contributed by atoms with E-state index >= 15 is 0 Å². The number of anilines is 1. The van der Waals surface area contributed by atoms with Crippen LogP contribution in [0.15, 0.2) is 23.1 Å². The first-order valence-electron chi connectivity index (χ1n) is 8.22. The number of carbonyl (C=O) groups is 1. The number of carboxylic acids is 1. The Morgan fingerprint density at radius 1 is 1.35 bits per heavy atom. The summed E-state index contributed by atoms with van der Waals surface area (Å²) in [6, 6.07) is 3.91. The van der Waals surface area contributed by atoms with Gasteiger partial charge in [-0.25, -0.2) is 17.6 Å². The van der Waals surface area contributed by atoms with Gasteiger partial charge < -0.3 is 5.11 Å². The Balaban J connectivity index is 1.95. The lowest BCUT2D eigenvalue weighted by molar-refractivity contribution is 0.0691. The van der Waals surface area contributed by atoms with E-state index in [0.717, 1.165) is 30.7 Å². The molecule has 1 unspecified atom stereocenters. The molecule has 1 aromatic heterocycles. The van der Waals surface area contributed by atoms with E-state index in [1.807, 2.05) is 13.8 Å². The van der Waals surface area contributed by atoms with Crippen LogP contribution in [0.25, 0.3) is 0 Å². The van der Waals surface area contributed by atoms with Crippen LogP contribution in [0.3, 0.4) is 0 Å². The van der Waals surface area contributed by atoms with Crippen LogP contribution in [-0.2, 0) is 10.0 Å². The topological polar surface area (TPSA) is 101 Å². The summed E-state index contributed by atoms with van der Waals surface area (Å²) < 4.78 is 43.6. The van der Waals surface area contributed by atoms with Crippen LogP contribution in [-0.4, -0.2) is 29.3 Å². The Morgan fingerprint density at radius 2 is 2.00 bits per heavy atom. The van der Waals surface area contributed by atoms with E-state index in [4.69, 9.17) is 5.11 Å². The quantitative estimate of drug-likeness (QED) is 0.801. The second kappa shape index (κ2) is 6.39. The largest absolute Gasteiger partial charge is 0.478 e. The number of aryl methyl sites for hydroxylation is 2. The number of nitrogens with zero attached hydrogens (tertiary/aromatic N) is 2. The number of halogens is 1. The van der Waals surface area contributed by atoms with E-state index < -0.39 is 32.3 Å². The molecule has 1 aromatic carbocycles. The second-order valence-corrected chi connectivity index (χ2v) is 8.38. The number of rotatable bonds is 6. The molecule has 1 aliphatic rings. The van der Waals surface area contributed by atoms with Crippen molar-refractivity contribution in [2.24, 2.45) is 5.92 Å².